The number of aliphatic carboxylic acids is 1. The van der Waals surface area contributed by atoms with Crippen molar-refractivity contribution in [2.24, 2.45) is 0 Å². The topological polar surface area (TPSA) is 46.5 Å². The van der Waals surface area contributed by atoms with Gasteiger partial charge in [-0.15, -0.1) is 0 Å². The van der Waals surface area contributed by atoms with Gasteiger partial charge in [0.05, 0.1) is 13.0 Å². The van der Waals surface area contributed by atoms with Crippen LogP contribution in [0.25, 0.3) is 0 Å². The van der Waals surface area contributed by atoms with Crippen molar-refractivity contribution < 1.29 is 14.6 Å². The first kappa shape index (κ1) is 16.5. The first-order chi connectivity index (χ1) is 9.49. The second-order valence-corrected chi connectivity index (χ2v) is 5.43. The van der Waals surface area contributed by atoms with E-state index in [0.29, 0.717) is 6.61 Å². The van der Waals surface area contributed by atoms with Gasteiger partial charge in [0.15, 0.2) is 0 Å². The van der Waals surface area contributed by atoms with E-state index in [1.807, 2.05) is 13.8 Å². The van der Waals surface area contributed by atoms with Crippen molar-refractivity contribution in [1.29, 1.82) is 0 Å². The molecule has 0 bridgehead atoms. The highest BCUT2D eigenvalue weighted by molar-refractivity contribution is 5.68. The molecular formula is C17H26O3. The predicted octanol–water partition coefficient (Wildman–Crippen LogP) is 4.45. The van der Waals surface area contributed by atoms with E-state index in [1.54, 1.807) is 0 Å². The van der Waals surface area contributed by atoms with Gasteiger partial charge in [-0.05, 0) is 43.7 Å². The zero-order valence-corrected chi connectivity index (χ0v) is 13.0. The monoisotopic (exact) mass is 278 g/mol. The molecule has 1 N–H and O–H groups in total. The van der Waals surface area contributed by atoms with Crippen molar-refractivity contribution >= 4 is 5.97 Å². The molecule has 3 heteroatoms. The van der Waals surface area contributed by atoms with Gasteiger partial charge in [-0.2, -0.15) is 0 Å². The number of rotatable bonds is 8. The number of hydrogen-bond donors (Lipinski definition) is 1. The first-order valence-electron chi connectivity index (χ1n) is 7.45. The average Bonchev–Trinajstić information content (AvgIpc) is 2.36. The molecule has 1 rings (SSSR count). The largest absolute Gasteiger partial charge is 0.493 e. The van der Waals surface area contributed by atoms with Gasteiger partial charge >= 0.3 is 5.97 Å². The van der Waals surface area contributed by atoms with E-state index < -0.39 is 5.97 Å². The van der Waals surface area contributed by atoms with Crippen molar-refractivity contribution in [1.82, 2.24) is 0 Å². The van der Waals surface area contributed by atoms with E-state index in [2.05, 4.69) is 26.0 Å². The minimum atomic E-state index is -0.746. The molecule has 3 nitrogen and oxygen atoms in total. The molecule has 0 fully saturated rings. The highest BCUT2D eigenvalue weighted by atomic mass is 16.5. The fourth-order valence-electron chi connectivity index (χ4n) is 2.62. The molecule has 0 amide bonds. The lowest BCUT2D eigenvalue weighted by Crippen LogP contribution is -2.10. The summed E-state index contributed by atoms with van der Waals surface area (Å²) in [5.74, 6) is 0.171. The summed E-state index contributed by atoms with van der Waals surface area (Å²) in [4.78, 5) is 11.1. The van der Waals surface area contributed by atoms with Crippen LogP contribution in [0.2, 0.25) is 0 Å². The molecule has 0 aliphatic carbocycles. The molecule has 0 aromatic heterocycles. The number of carboxylic acids is 1. The van der Waals surface area contributed by atoms with Gasteiger partial charge in [0.25, 0.3) is 0 Å². The molecule has 20 heavy (non-hydrogen) atoms. The molecule has 1 aromatic rings. The second-order valence-electron chi connectivity index (χ2n) is 5.43. The Morgan fingerprint density at radius 2 is 1.95 bits per heavy atom. The van der Waals surface area contributed by atoms with Crippen LogP contribution in [-0.2, 0) is 4.79 Å². The maximum absolute atomic E-state index is 11.1. The Bertz CT molecular complexity index is 452. The Balaban J connectivity index is 3.18. The van der Waals surface area contributed by atoms with E-state index in [1.165, 1.54) is 0 Å². The summed E-state index contributed by atoms with van der Waals surface area (Å²) in [6, 6.07) is 4.18. The van der Waals surface area contributed by atoms with Crippen LogP contribution < -0.4 is 4.74 Å². The summed E-state index contributed by atoms with van der Waals surface area (Å²) >= 11 is 0. The van der Waals surface area contributed by atoms with Gasteiger partial charge in [-0.25, -0.2) is 0 Å². The number of ether oxygens (including phenoxy) is 1. The zero-order chi connectivity index (χ0) is 15.1. The van der Waals surface area contributed by atoms with Gasteiger partial charge in [-0.1, -0.05) is 38.0 Å². The van der Waals surface area contributed by atoms with Crippen molar-refractivity contribution in [3.63, 3.8) is 0 Å². The molecule has 112 valence electrons. The quantitative estimate of drug-likeness (QED) is 0.764. The molecule has 0 spiro atoms. The number of carbonyl (C=O) groups is 1. The Hall–Kier alpha value is -1.51. The molecular weight excluding hydrogens is 252 g/mol. The van der Waals surface area contributed by atoms with Crippen LogP contribution in [0, 0.1) is 13.8 Å². The lowest BCUT2D eigenvalue weighted by atomic mass is 9.88. The smallest absolute Gasteiger partial charge is 0.303 e. The van der Waals surface area contributed by atoms with Gasteiger partial charge in [-0.3, -0.25) is 4.79 Å². The molecule has 0 radical (unpaired) electrons. The third-order valence-corrected chi connectivity index (χ3v) is 3.40. The second kappa shape index (κ2) is 7.93. The van der Waals surface area contributed by atoms with Crippen molar-refractivity contribution in [2.45, 2.75) is 59.3 Å². The molecule has 0 aliphatic heterocycles. The van der Waals surface area contributed by atoms with Gasteiger partial charge in [0, 0.05) is 0 Å². The van der Waals surface area contributed by atoms with Crippen LogP contribution in [0.1, 0.15) is 62.1 Å². The van der Waals surface area contributed by atoms with Crippen molar-refractivity contribution in [3.05, 3.63) is 28.8 Å². The maximum atomic E-state index is 11.1. The standard InChI is InChI=1S/C17H26O3/c1-5-7-14(11-16(18)19)15-10-12(3)9-13(4)17(15)20-8-6-2/h9-10,14H,5-8,11H2,1-4H3,(H,18,19). The maximum Gasteiger partial charge on any atom is 0.303 e. The van der Waals surface area contributed by atoms with E-state index in [4.69, 9.17) is 9.84 Å². The Labute approximate surface area is 122 Å². The summed E-state index contributed by atoms with van der Waals surface area (Å²) in [7, 11) is 0. The lowest BCUT2D eigenvalue weighted by molar-refractivity contribution is -0.137. The van der Waals surface area contributed by atoms with E-state index in [9.17, 15) is 4.79 Å². The van der Waals surface area contributed by atoms with Crippen LogP contribution in [0.15, 0.2) is 12.1 Å². The highest BCUT2D eigenvalue weighted by Crippen LogP contribution is 2.36. The normalized spacial score (nSPS) is 12.2. The molecule has 1 aromatic carbocycles. The van der Waals surface area contributed by atoms with E-state index in [0.717, 1.165) is 41.7 Å². The zero-order valence-electron chi connectivity index (χ0n) is 13.0. The SMILES string of the molecule is CCCOc1c(C)cc(C)cc1C(CCC)CC(=O)O. The Kier molecular flexibility index (Phi) is 6.56. The average molecular weight is 278 g/mol. The molecule has 0 saturated carbocycles. The molecule has 1 atom stereocenters. The predicted molar refractivity (Wildman–Crippen MR) is 81.6 cm³/mol. The van der Waals surface area contributed by atoms with Crippen molar-refractivity contribution in [2.75, 3.05) is 6.61 Å². The van der Waals surface area contributed by atoms with Crippen LogP contribution in [0.3, 0.4) is 0 Å². The number of benzene rings is 1. The highest BCUT2D eigenvalue weighted by Gasteiger charge is 2.20. The molecule has 0 heterocycles. The van der Waals surface area contributed by atoms with E-state index in [-0.39, 0.29) is 12.3 Å². The third-order valence-electron chi connectivity index (χ3n) is 3.40. The lowest BCUT2D eigenvalue weighted by Gasteiger charge is -2.21. The summed E-state index contributed by atoms with van der Waals surface area (Å²) in [6.07, 6.45) is 2.96. The minimum Gasteiger partial charge on any atom is -0.493 e. The van der Waals surface area contributed by atoms with Gasteiger partial charge < -0.3 is 9.84 Å². The molecule has 1 unspecified atom stereocenters. The summed E-state index contributed by atoms with van der Waals surface area (Å²) in [5.41, 5.74) is 3.31. The van der Waals surface area contributed by atoms with Crippen LogP contribution in [-0.4, -0.2) is 17.7 Å². The minimum absolute atomic E-state index is 0.0305. The Morgan fingerprint density at radius 1 is 1.25 bits per heavy atom. The molecule has 0 saturated heterocycles. The van der Waals surface area contributed by atoms with E-state index >= 15 is 0 Å². The van der Waals surface area contributed by atoms with Crippen molar-refractivity contribution in [3.8, 4) is 5.75 Å². The van der Waals surface area contributed by atoms with Crippen LogP contribution in [0.4, 0.5) is 0 Å². The van der Waals surface area contributed by atoms with Gasteiger partial charge in [0.1, 0.15) is 5.75 Å². The van der Waals surface area contributed by atoms with Crippen LogP contribution >= 0.6 is 0 Å². The summed E-state index contributed by atoms with van der Waals surface area (Å²) < 4.78 is 5.89. The number of aryl methyl sites for hydroxylation is 2. The van der Waals surface area contributed by atoms with Crippen LogP contribution in [0.5, 0.6) is 5.75 Å². The fraction of sp³-hybridized carbons (Fsp3) is 0.588. The molecule has 0 aliphatic rings. The summed E-state index contributed by atoms with van der Waals surface area (Å²) in [5, 5.41) is 9.14. The number of hydrogen-bond acceptors (Lipinski definition) is 2. The summed E-state index contributed by atoms with van der Waals surface area (Å²) in [6.45, 7) is 8.91. The Morgan fingerprint density at radius 3 is 2.50 bits per heavy atom. The van der Waals surface area contributed by atoms with Gasteiger partial charge in [0.2, 0.25) is 0 Å². The fourth-order valence-corrected chi connectivity index (χ4v) is 2.62. The number of carboxylic acid groups (broad SMARTS) is 1. The third kappa shape index (κ3) is 4.55. The first-order valence-corrected chi connectivity index (χ1v) is 7.45.